The van der Waals surface area contributed by atoms with Crippen LogP contribution in [0.1, 0.15) is 46.6 Å². The molecular formula is C26H30N6O4. The number of esters is 1. The van der Waals surface area contributed by atoms with Crippen LogP contribution in [0.4, 0.5) is 0 Å². The lowest BCUT2D eigenvalue weighted by molar-refractivity contribution is 0.0511. The molecule has 0 fully saturated rings. The van der Waals surface area contributed by atoms with Gasteiger partial charge in [0, 0.05) is 30.3 Å². The van der Waals surface area contributed by atoms with Crippen LogP contribution < -0.4 is 10.4 Å². The van der Waals surface area contributed by atoms with Gasteiger partial charge in [-0.25, -0.2) is 9.59 Å². The summed E-state index contributed by atoms with van der Waals surface area (Å²) in [5.41, 5.74) is 5.92. The third-order valence-electron chi connectivity index (χ3n) is 6.11. The van der Waals surface area contributed by atoms with Gasteiger partial charge >= 0.3 is 11.7 Å². The first-order valence-electron chi connectivity index (χ1n) is 11.8. The molecule has 0 aliphatic rings. The summed E-state index contributed by atoms with van der Waals surface area (Å²) in [6.07, 6.45) is 0. The van der Waals surface area contributed by atoms with Crippen molar-refractivity contribution in [2.75, 3.05) is 6.61 Å². The molecule has 0 bridgehead atoms. The van der Waals surface area contributed by atoms with Crippen molar-refractivity contribution in [3.8, 4) is 22.7 Å². The number of benzene rings is 2. The van der Waals surface area contributed by atoms with Crippen LogP contribution in [0.2, 0.25) is 0 Å². The van der Waals surface area contributed by atoms with E-state index in [1.807, 2.05) is 64.1 Å². The van der Waals surface area contributed by atoms with Gasteiger partial charge in [0.15, 0.2) is 0 Å². The minimum atomic E-state index is -0.372. The molecule has 0 amide bonds. The lowest BCUT2D eigenvalue weighted by Crippen LogP contribution is -2.23. The first-order chi connectivity index (χ1) is 17.3. The maximum atomic E-state index is 12.5. The topological polar surface area (TPSA) is 106 Å². The van der Waals surface area contributed by atoms with Crippen molar-refractivity contribution < 1.29 is 14.3 Å². The Bertz CT molecular complexity index is 1480. The van der Waals surface area contributed by atoms with E-state index in [-0.39, 0.29) is 18.3 Å². The Morgan fingerprint density at radius 1 is 1.03 bits per heavy atom. The fraction of sp³-hybridized carbons (Fsp3) is 0.346. The predicted octanol–water partition coefficient (Wildman–Crippen LogP) is 3.53. The summed E-state index contributed by atoms with van der Waals surface area (Å²) in [6, 6.07) is 11.5. The Kier molecular flexibility index (Phi) is 7.05. The second-order valence-electron chi connectivity index (χ2n) is 8.50. The summed E-state index contributed by atoms with van der Waals surface area (Å²) >= 11 is 0. The number of aryl methyl sites for hydroxylation is 4. The van der Waals surface area contributed by atoms with E-state index < -0.39 is 0 Å². The lowest BCUT2D eigenvalue weighted by atomic mass is 10.0. The molecule has 0 spiro atoms. The molecule has 0 N–H and O–H groups in total. The van der Waals surface area contributed by atoms with Crippen LogP contribution in [0, 0.1) is 20.8 Å². The number of hydrogen-bond acceptors (Lipinski definition) is 7. The summed E-state index contributed by atoms with van der Waals surface area (Å²) in [6.45, 7) is 10.7. The van der Waals surface area contributed by atoms with Crippen LogP contribution in [0.5, 0.6) is 5.75 Å². The highest BCUT2D eigenvalue weighted by Gasteiger charge is 2.22. The summed E-state index contributed by atoms with van der Waals surface area (Å²) in [5, 5.41) is 12.5. The third kappa shape index (κ3) is 4.53. The van der Waals surface area contributed by atoms with Crippen LogP contribution in [0.3, 0.4) is 0 Å². The first-order valence-corrected chi connectivity index (χ1v) is 11.8. The van der Waals surface area contributed by atoms with E-state index in [1.165, 1.54) is 9.36 Å². The SMILES string of the molecule is CCOC(=O)c1c(C)c(-c2ccc(OCc3c(C)cccc3-n3nnn(C)c3=O)c(C)c2)nn1CC. The molecule has 188 valence electrons. The summed E-state index contributed by atoms with van der Waals surface area (Å²) in [5.74, 6) is 0.334. The molecule has 2 heterocycles. The number of tetrazole rings is 1. The van der Waals surface area contributed by atoms with E-state index in [4.69, 9.17) is 9.47 Å². The molecule has 0 saturated heterocycles. The fourth-order valence-corrected chi connectivity index (χ4v) is 4.16. The van der Waals surface area contributed by atoms with E-state index in [0.29, 0.717) is 30.3 Å². The highest BCUT2D eigenvalue weighted by atomic mass is 16.5. The lowest BCUT2D eigenvalue weighted by Gasteiger charge is -2.14. The van der Waals surface area contributed by atoms with Crippen molar-refractivity contribution in [3.05, 3.63) is 74.8 Å². The third-order valence-corrected chi connectivity index (χ3v) is 6.11. The maximum absolute atomic E-state index is 12.5. The Morgan fingerprint density at radius 2 is 1.81 bits per heavy atom. The van der Waals surface area contributed by atoms with Crippen molar-refractivity contribution in [3.63, 3.8) is 0 Å². The summed E-state index contributed by atoms with van der Waals surface area (Å²) in [4.78, 5) is 24.9. The van der Waals surface area contributed by atoms with E-state index >= 15 is 0 Å². The predicted molar refractivity (Wildman–Crippen MR) is 134 cm³/mol. The van der Waals surface area contributed by atoms with Crippen LogP contribution in [-0.4, -0.2) is 42.1 Å². The number of hydrogen-bond donors (Lipinski definition) is 0. The average molecular weight is 491 g/mol. The average Bonchev–Trinajstić information content (AvgIpc) is 3.37. The van der Waals surface area contributed by atoms with Gasteiger partial charge in [0.2, 0.25) is 0 Å². The van der Waals surface area contributed by atoms with E-state index in [9.17, 15) is 9.59 Å². The van der Waals surface area contributed by atoms with Gasteiger partial charge in [-0.15, -0.1) is 0 Å². The molecule has 4 aromatic rings. The number of rotatable bonds is 8. The van der Waals surface area contributed by atoms with Crippen molar-refractivity contribution >= 4 is 5.97 Å². The molecule has 0 aliphatic heterocycles. The Morgan fingerprint density at radius 3 is 2.44 bits per heavy atom. The maximum Gasteiger partial charge on any atom is 0.368 e. The number of nitrogens with zero attached hydrogens (tertiary/aromatic N) is 6. The Labute approximate surface area is 209 Å². The van der Waals surface area contributed by atoms with Crippen LogP contribution in [-0.2, 0) is 24.9 Å². The van der Waals surface area contributed by atoms with Crippen LogP contribution in [0.15, 0.2) is 41.2 Å². The largest absolute Gasteiger partial charge is 0.489 e. The Hall–Kier alpha value is -4.21. The monoisotopic (exact) mass is 490 g/mol. The second kappa shape index (κ2) is 10.2. The molecule has 0 unspecified atom stereocenters. The van der Waals surface area contributed by atoms with Gasteiger partial charge in [-0.2, -0.15) is 14.5 Å². The van der Waals surface area contributed by atoms with Crippen molar-refractivity contribution in [1.29, 1.82) is 0 Å². The van der Waals surface area contributed by atoms with E-state index in [0.717, 1.165) is 33.5 Å². The molecule has 10 heteroatoms. The molecule has 2 aromatic carbocycles. The van der Waals surface area contributed by atoms with Gasteiger partial charge in [-0.05, 0) is 80.4 Å². The minimum absolute atomic E-state index is 0.252. The zero-order chi connectivity index (χ0) is 26.0. The van der Waals surface area contributed by atoms with Gasteiger partial charge in [0.05, 0.1) is 18.0 Å². The summed E-state index contributed by atoms with van der Waals surface area (Å²) < 4.78 is 15.5. The number of carbonyl (C=O) groups excluding carboxylic acids is 1. The highest BCUT2D eigenvalue weighted by molar-refractivity contribution is 5.91. The van der Waals surface area contributed by atoms with Crippen LogP contribution in [0.25, 0.3) is 16.9 Å². The van der Waals surface area contributed by atoms with Crippen molar-refractivity contribution in [1.82, 2.24) is 29.6 Å². The fourth-order valence-electron chi connectivity index (χ4n) is 4.16. The van der Waals surface area contributed by atoms with E-state index in [2.05, 4.69) is 15.5 Å². The van der Waals surface area contributed by atoms with Crippen molar-refractivity contribution in [2.24, 2.45) is 7.05 Å². The molecule has 0 saturated carbocycles. The molecule has 0 radical (unpaired) electrons. The van der Waals surface area contributed by atoms with Crippen molar-refractivity contribution in [2.45, 2.75) is 47.8 Å². The highest BCUT2D eigenvalue weighted by Crippen LogP contribution is 2.30. The molecule has 2 aromatic heterocycles. The van der Waals surface area contributed by atoms with Gasteiger partial charge in [0.25, 0.3) is 0 Å². The molecule has 10 nitrogen and oxygen atoms in total. The molecule has 4 rings (SSSR count). The first kappa shape index (κ1) is 24.9. The minimum Gasteiger partial charge on any atom is -0.489 e. The number of carbonyl (C=O) groups is 1. The normalized spacial score (nSPS) is 11.1. The Balaban J connectivity index is 1.62. The number of aromatic nitrogens is 6. The standard InChI is InChI=1S/C26H30N6O4/c1-7-31-24(25(33)35-8-2)18(5)23(27-31)19-12-13-22(17(4)14-19)36-15-20-16(3)10-9-11-21(20)32-26(34)30(6)28-29-32/h9-14H,7-8,15H2,1-6H3. The van der Waals surface area contributed by atoms with E-state index in [1.54, 1.807) is 18.7 Å². The quantitative estimate of drug-likeness (QED) is 0.348. The summed E-state index contributed by atoms with van der Waals surface area (Å²) in [7, 11) is 1.56. The molecule has 0 aliphatic carbocycles. The zero-order valence-corrected chi connectivity index (χ0v) is 21.4. The second-order valence-corrected chi connectivity index (χ2v) is 8.50. The van der Waals surface area contributed by atoms with Gasteiger partial charge < -0.3 is 9.47 Å². The zero-order valence-electron chi connectivity index (χ0n) is 21.4. The van der Waals surface area contributed by atoms with Crippen LogP contribution >= 0.6 is 0 Å². The van der Waals surface area contributed by atoms with Gasteiger partial charge in [0.1, 0.15) is 18.1 Å². The molecule has 36 heavy (non-hydrogen) atoms. The van der Waals surface area contributed by atoms with Gasteiger partial charge in [-0.3, -0.25) is 4.68 Å². The van der Waals surface area contributed by atoms with Gasteiger partial charge in [-0.1, -0.05) is 12.1 Å². The molecular weight excluding hydrogens is 460 g/mol. The smallest absolute Gasteiger partial charge is 0.368 e. The molecule has 0 atom stereocenters. The number of ether oxygens (including phenoxy) is 2.